The van der Waals surface area contributed by atoms with Gasteiger partial charge in [-0.25, -0.2) is 4.79 Å². The quantitative estimate of drug-likeness (QED) is 0.715. The summed E-state index contributed by atoms with van der Waals surface area (Å²) in [6.45, 7) is 0. The maximum atomic E-state index is 12.0. The lowest BCUT2D eigenvalue weighted by Gasteiger charge is -2.26. The van der Waals surface area contributed by atoms with E-state index >= 15 is 0 Å². The van der Waals surface area contributed by atoms with Crippen molar-refractivity contribution in [3.63, 3.8) is 0 Å². The van der Waals surface area contributed by atoms with Gasteiger partial charge in [-0.15, -0.1) is 0 Å². The van der Waals surface area contributed by atoms with Crippen LogP contribution in [0.15, 0.2) is 22.9 Å². The number of nitrogens with zero attached hydrogens (tertiary/aromatic N) is 2. The van der Waals surface area contributed by atoms with E-state index < -0.39 is 0 Å². The van der Waals surface area contributed by atoms with Crippen molar-refractivity contribution in [1.82, 2.24) is 20.7 Å². The molecule has 2 saturated carbocycles. The molecule has 0 aliphatic heterocycles. The van der Waals surface area contributed by atoms with E-state index in [0.717, 1.165) is 37.8 Å². The summed E-state index contributed by atoms with van der Waals surface area (Å²) in [5, 5.41) is 16.3. The minimum Gasteiger partial charge on any atom is -0.446 e. The number of hydrogen-bond donors (Lipinski definition) is 3. The van der Waals surface area contributed by atoms with Crippen molar-refractivity contribution >= 4 is 17.8 Å². The maximum absolute atomic E-state index is 12.0. The number of hydrogen-bond acceptors (Lipinski definition) is 6. The number of carbonyl (C=O) groups excluding carboxylic acids is 2. The lowest BCUT2D eigenvalue weighted by Crippen LogP contribution is -2.40. The van der Waals surface area contributed by atoms with Gasteiger partial charge in [-0.1, -0.05) is 5.16 Å². The van der Waals surface area contributed by atoms with Crippen molar-refractivity contribution in [3.05, 3.63) is 29.8 Å². The van der Waals surface area contributed by atoms with Gasteiger partial charge in [0.1, 0.15) is 11.9 Å². The Morgan fingerprint density at radius 1 is 1.30 bits per heavy atom. The molecule has 144 valence electrons. The van der Waals surface area contributed by atoms with Crippen LogP contribution in [0.2, 0.25) is 0 Å². The Hall–Kier alpha value is -2.84. The predicted molar refractivity (Wildman–Crippen MR) is 95.1 cm³/mol. The molecule has 27 heavy (non-hydrogen) atoms. The molecule has 2 amide bonds. The Kier molecular flexibility index (Phi) is 5.08. The molecular formula is C18H23N5O4. The van der Waals surface area contributed by atoms with E-state index in [9.17, 15) is 9.59 Å². The number of aromatic amines is 1. The topological polar surface area (TPSA) is 122 Å². The number of rotatable bonds is 6. The SMILES string of the molecule is O=C(Cc1ccno1)Nc1cc(C2CCC(OC(=O)NC3CCC3)C2)[nH]n1. The number of nitrogens with one attached hydrogen (secondary N) is 3. The van der Waals surface area contributed by atoms with Gasteiger partial charge in [0.25, 0.3) is 0 Å². The zero-order valence-electron chi connectivity index (χ0n) is 14.9. The van der Waals surface area contributed by atoms with Crippen molar-refractivity contribution in [2.45, 2.75) is 63.0 Å². The van der Waals surface area contributed by atoms with Crippen LogP contribution in [0.1, 0.15) is 55.9 Å². The Bertz CT molecular complexity index is 784. The van der Waals surface area contributed by atoms with Gasteiger partial charge in [-0.2, -0.15) is 5.10 Å². The first kappa shape index (κ1) is 17.6. The van der Waals surface area contributed by atoms with Crippen LogP contribution >= 0.6 is 0 Å². The molecule has 0 saturated heterocycles. The van der Waals surface area contributed by atoms with Crippen LogP contribution in [0, 0.1) is 0 Å². The zero-order valence-corrected chi connectivity index (χ0v) is 14.9. The lowest BCUT2D eigenvalue weighted by atomic mass is 9.93. The number of ether oxygens (including phenoxy) is 1. The highest BCUT2D eigenvalue weighted by atomic mass is 16.6. The van der Waals surface area contributed by atoms with Crippen LogP contribution in [-0.2, 0) is 16.0 Å². The molecule has 0 aromatic carbocycles. The fourth-order valence-electron chi connectivity index (χ4n) is 3.52. The first-order valence-electron chi connectivity index (χ1n) is 9.37. The summed E-state index contributed by atoms with van der Waals surface area (Å²) in [6, 6.07) is 3.76. The molecule has 4 rings (SSSR count). The molecule has 0 radical (unpaired) electrons. The molecule has 3 N–H and O–H groups in total. The second-order valence-corrected chi connectivity index (χ2v) is 7.22. The minimum atomic E-state index is -0.310. The molecule has 2 heterocycles. The summed E-state index contributed by atoms with van der Waals surface area (Å²) in [7, 11) is 0. The maximum Gasteiger partial charge on any atom is 0.407 e. The van der Waals surface area contributed by atoms with Gasteiger partial charge < -0.3 is 19.9 Å². The van der Waals surface area contributed by atoms with Crippen molar-refractivity contribution in [2.24, 2.45) is 0 Å². The van der Waals surface area contributed by atoms with Crippen molar-refractivity contribution < 1.29 is 18.8 Å². The fraction of sp³-hybridized carbons (Fsp3) is 0.556. The third kappa shape index (κ3) is 4.47. The summed E-state index contributed by atoms with van der Waals surface area (Å²) in [5.74, 6) is 0.991. The van der Waals surface area contributed by atoms with E-state index in [0.29, 0.717) is 11.6 Å². The number of carbonyl (C=O) groups is 2. The van der Waals surface area contributed by atoms with E-state index in [2.05, 4.69) is 26.0 Å². The summed E-state index contributed by atoms with van der Waals surface area (Å²) in [4.78, 5) is 23.9. The number of amides is 2. The van der Waals surface area contributed by atoms with Crippen LogP contribution in [0.5, 0.6) is 0 Å². The van der Waals surface area contributed by atoms with E-state index in [4.69, 9.17) is 9.26 Å². The van der Waals surface area contributed by atoms with E-state index in [1.807, 2.05) is 6.07 Å². The Labute approximate surface area is 156 Å². The largest absolute Gasteiger partial charge is 0.446 e. The average Bonchev–Trinajstić information content (AvgIpc) is 3.33. The molecule has 9 nitrogen and oxygen atoms in total. The van der Waals surface area contributed by atoms with Gasteiger partial charge in [-0.05, 0) is 38.5 Å². The highest BCUT2D eigenvalue weighted by Gasteiger charge is 2.31. The van der Waals surface area contributed by atoms with Crippen LogP contribution in [0.4, 0.5) is 10.6 Å². The molecule has 2 aromatic heterocycles. The molecule has 2 atom stereocenters. The smallest absolute Gasteiger partial charge is 0.407 e. The minimum absolute atomic E-state index is 0.0807. The summed E-state index contributed by atoms with van der Waals surface area (Å²) in [6.07, 6.45) is 6.97. The van der Waals surface area contributed by atoms with Gasteiger partial charge in [0, 0.05) is 29.8 Å². The number of H-pyrrole nitrogens is 1. The first-order valence-corrected chi connectivity index (χ1v) is 9.37. The van der Waals surface area contributed by atoms with Gasteiger partial charge >= 0.3 is 6.09 Å². The average molecular weight is 373 g/mol. The fourth-order valence-corrected chi connectivity index (χ4v) is 3.52. The molecule has 2 aromatic rings. The highest BCUT2D eigenvalue weighted by molar-refractivity contribution is 5.91. The Morgan fingerprint density at radius 3 is 2.93 bits per heavy atom. The molecule has 0 bridgehead atoms. The highest BCUT2D eigenvalue weighted by Crippen LogP contribution is 2.36. The van der Waals surface area contributed by atoms with Gasteiger partial charge in [0.15, 0.2) is 5.82 Å². The van der Waals surface area contributed by atoms with Crippen LogP contribution in [0.3, 0.4) is 0 Å². The second-order valence-electron chi connectivity index (χ2n) is 7.22. The zero-order chi connectivity index (χ0) is 18.6. The Morgan fingerprint density at radius 2 is 2.19 bits per heavy atom. The number of aromatic nitrogens is 3. The Balaban J connectivity index is 1.24. The molecule has 2 aliphatic carbocycles. The van der Waals surface area contributed by atoms with Crippen LogP contribution in [-0.4, -0.2) is 39.5 Å². The second kappa shape index (κ2) is 7.81. The van der Waals surface area contributed by atoms with E-state index in [1.54, 1.807) is 6.07 Å². The van der Waals surface area contributed by atoms with Crippen molar-refractivity contribution in [3.8, 4) is 0 Å². The molecule has 0 spiro atoms. The first-order chi connectivity index (χ1) is 13.2. The van der Waals surface area contributed by atoms with Crippen molar-refractivity contribution in [1.29, 1.82) is 0 Å². The molecule has 2 unspecified atom stereocenters. The summed E-state index contributed by atoms with van der Waals surface area (Å²) >= 11 is 0. The van der Waals surface area contributed by atoms with E-state index in [1.165, 1.54) is 12.6 Å². The number of alkyl carbamates (subject to hydrolysis) is 1. The molecule has 2 aliphatic rings. The number of anilines is 1. The monoisotopic (exact) mass is 373 g/mol. The van der Waals surface area contributed by atoms with Crippen molar-refractivity contribution in [2.75, 3.05) is 5.32 Å². The summed E-state index contributed by atoms with van der Waals surface area (Å²) < 4.78 is 10.5. The van der Waals surface area contributed by atoms with Crippen LogP contribution < -0.4 is 10.6 Å². The van der Waals surface area contributed by atoms with Gasteiger partial charge in [0.05, 0.1) is 12.6 Å². The summed E-state index contributed by atoms with van der Waals surface area (Å²) in [5.41, 5.74) is 0.940. The third-order valence-electron chi connectivity index (χ3n) is 5.22. The van der Waals surface area contributed by atoms with Gasteiger partial charge in [0.2, 0.25) is 5.91 Å². The normalized spacial score (nSPS) is 22.2. The van der Waals surface area contributed by atoms with Gasteiger partial charge in [-0.3, -0.25) is 9.89 Å². The molecule has 2 fully saturated rings. The molecular weight excluding hydrogens is 350 g/mol. The molecule has 9 heteroatoms. The predicted octanol–water partition coefficient (Wildman–Crippen LogP) is 2.49. The van der Waals surface area contributed by atoms with E-state index in [-0.39, 0.29) is 36.5 Å². The standard InChI is InChI=1S/C18H23N5O4/c24-17(9-14-6-7-19-27-14)21-16-10-15(22-23-16)11-4-5-13(8-11)26-18(25)20-12-2-1-3-12/h6-7,10-13H,1-5,8-9H2,(H,20,25)(H2,21,22,23,24). The van der Waals surface area contributed by atoms with Crippen LogP contribution in [0.25, 0.3) is 0 Å². The lowest BCUT2D eigenvalue weighted by molar-refractivity contribution is -0.115. The third-order valence-corrected chi connectivity index (χ3v) is 5.22.